The molecule has 7 nitrogen and oxygen atoms in total. The lowest BCUT2D eigenvalue weighted by Gasteiger charge is -2.41. The van der Waals surface area contributed by atoms with Crippen LogP contribution in [0.1, 0.15) is 56.9 Å². The van der Waals surface area contributed by atoms with Gasteiger partial charge in [0.05, 0.1) is 18.8 Å². The number of thioether (sulfide) groups is 1. The van der Waals surface area contributed by atoms with Gasteiger partial charge in [-0.3, -0.25) is 4.79 Å². The maximum absolute atomic E-state index is 14.1. The lowest BCUT2D eigenvalue weighted by Crippen LogP contribution is -2.38. The predicted octanol–water partition coefficient (Wildman–Crippen LogP) is 8.22. The number of aryl methyl sites for hydroxylation is 1. The maximum Gasteiger partial charge on any atom is 0.257 e. The zero-order chi connectivity index (χ0) is 35.5. The van der Waals surface area contributed by atoms with Crippen LogP contribution in [0, 0.1) is 41.9 Å². The summed E-state index contributed by atoms with van der Waals surface area (Å²) >= 11 is 3.10. The Bertz CT molecular complexity index is 1970. The van der Waals surface area contributed by atoms with Crippen molar-refractivity contribution in [2.45, 2.75) is 49.8 Å². The molecule has 0 bridgehead atoms. The topological polar surface area (TPSA) is 93.6 Å². The van der Waals surface area contributed by atoms with Crippen LogP contribution in [-0.4, -0.2) is 33.1 Å². The number of rotatable bonds is 10. The first-order chi connectivity index (χ1) is 24.0. The Hall–Kier alpha value is -4.21. The minimum atomic E-state index is -2.34. The number of hydrogen-bond acceptors (Lipinski definition) is 8. The van der Waals surface area contributed by atoms with E-state index in [0.717, 1.165) is 37.2 Å². The zero-order valence-corrected chi connectivity index (χ0v) is 28.3. The van der Waals surface area contributed by atoms with E-state index in [1.54, 1.807) is 30.0 Å². The zero-order valence-electron chi connectivity index (χ0n) is 26.6. The number of carbonyl (C=O) groups excluding carboxylic acids is 1. The second-order valence-electron chi connectivity index (χ2n) is 11.7. The highest BCUT2D eigenvalue weighted by Crippen LogP contribution is 2.43. The van der Waals surface area contributed by atoms with E-state index in [2.05, 4.69) is 22.4 Å². The fraction of sp³-hybridized carbons (Fsp3) is 0.250. The molecule has 2 N–H and O–H groups in total. The fourth-order valence-electron chi connectivity index (χ4n) is 5.57. The predicted molar refractivity (Wildman–Crippen MR) is 178 cm³/mol. The van der Waals surface area contributed by atoms with Gasteiger partial charge >= 0.3 is 0 Å². The van der Waals surface area contributed by atoms with Crippen LogP contribution < -0.4 is 5.32 Å². The van der Waals surface area contributed by atoms with Crippen molar-refractivity contribution in [3.8, 4) is 11.1 Å². The Labute approximate surface area is 292 Å². The molecule has 1 aliphatic rings. The standard InChI is InChI=1S/C36H30F5N3O4S2/c1-18-26(17-49-36-44-43-19(2)50-36)47-35(48-33(18)23-8-6-20(16-45)7-9-23)24-12-10-22(11-13-24)25-5-3-4-21(14-25)15-42-34(46)27-28(37)30(39)32(41)31(40)29(27)38/h3-14,18,26,33,35,45H,15-17H2,1-2H3,(H,42,46)/t18-,26+,33+,35+/m0/s1. The van der Waals surface area contributed by atoms with Crippen LogP contribution in [0.3, 0.4) is 0 Å². The summed E-state index contributed by atoms with van der Waals surface area (Å²) in [7, 11) is 0. The van der Waals surface area contributed by atoms with Crippen LogP contribution in [0.2, 0.25) is 0 Å². The first-order valence-corrected chi connectivity index (χ1v) is 17.3. The van der Waals surface area contributed by atoms with Crippen LogP contribution in [0.15, 0.2) is 77.1 Å². The summed E-state index contributed by atoms with van der Waals surface area (Å²) in [5, 5.41) is 21.0. The lowest BCUT2D eigenvalue weighted by molar-refractivity contribution is -0.268. The van der Waals surface area contributed by atoms with Crippen molar-refractivity contribution in [1.82, 2.24) is 15.5 Å². The third-order valence-corrected chi connectivity index (χ3v) is 10.4. The molecule has 1 saturated heterocycles. The SMILES string of the molecule is Cc1nnc(SC[C@H]2O[C@@H](c3ccc(-c4cccc(CNC(=O)c5c(F)c(F)c(F)c(F)c5F)c4)cc3)O[C@@H](c3ccc(CO)cc3)[C@H]2C)s1. The number of nitrogens with one attached hydrogen (secondary N) is 1. The second-order valence-corrected chi connectivity index (χ2v) is 14.1. The molecule has 0 radical (unpaired) electrons. The van der Waals surface area contributed by atoms with Crippen molar-refractivity contribution in [3.05, 3.63) is 135 Å². The molecule has 0 aliphatic carbocycles. The molecule has 14 heteroatoms. The quantitative estimate of drug-likeness (QED) is 0.0649. The van der Waals surface area contributed by atoms with Gasteiger partial charge in [-0.05, 0) is 40.8 Å². The van der Waals surface area contributed by atoms with Gasteiger partial charge in [-0.2, -0.15) is 0 Å². The first kappa shape index (κ1) is 35.6. The molecule has 1 aromatic heterocycles. The van der Waals surface area contributed by atoms with Gasteiger partial charge in [-0.1, -0.05) is 96.8 Å². The van der Waals surface area contributed by atoms with Crippen molar-refractivity contribution in [3.63, 3.8) is 0 Å². The molecule has 0 saturated carbocycles. The number of benzene rings is 4. The minimum Gasteiger partial charge on any atom is -0.392 e. The van der Waals surface area contributed by atoms with E-state index in [4.69, 9.17) is 9.47 Å². The largest absolute Gasteiger partial charge is 0.392 e. The molecular formula is C36H30F5N3O4S2. The summed E-state index contributed by atoms with van der Waals surface area (Å²) in [6.07, 6.45) is -1.17. The Kier molecular flexibility index (Phi) is 10.9. The van der Waals surface area contributed by atoms with E-state index in [1.165, 1.54) is 11.3 Å². The lowest BCUT2D eigenvalue weighted by atomic mass is 9.91. The van der Waals surface area contributed by atoms with E-state index in [1.807, 2.05) is 61.5 Å². The summed E-state index contributed by atoms with van der Waals surface area (Å²) in [5.41, 5.74) is 3.08. The Morgan fingerprint density at radius 1 is 0.840 bits per heavy atom. The number of hydrogen-bond donors (Lipinski definition) is 2. The van der Waals surface area contributed by atoms with Gasteiger partial charge in [0, 0.05) is 23.8 Å². The van der Waals surface area contributed by atoms with Crippen molar-refractivity contribution in [2.24, 2.45) is 5.92 Å². The molecule has 50 heavy (non-hydrogen) atoms. The summed E-state index contributed by atoms with van der Waals surface area (Å²) in [5.74, 6) is -11.9. The number of nitrogens with zero attached hydrogens (tertiary/aromatic N) is 2. The number of amides is 1. The van der Waals surface area contributed by atoms with E-state index in [9.17, 15) is 31.9 Å². The van der Waals surface area contributed by atoms with Gasteiger partial charge in [0.2, 0.25) is 5.82 Å². The number of halogens is 5. The molecule has 1 aliphatic heterocycles. The van der Waals surface area contributed by atoms with Gasteiger partial charge < -0.3 is 19.9 Å². The third-order valence-electron chi connectivity index (χ3n) is 8.34. The molecule has 5 aromatic rings. The summed E-state index contributed by atoms with van der Waals surface area (Å²) < 4.78 is 82.7. The van der Waals surface area contributed by atoms with Crippen LogP contribution in [0.4, 0.5) is 22.0 Å². The molecular weight excluding hydrogens is 698 g/mol. The monoisotopic (exact) mass is 727 g/mol. The summed E-state index contributed by atoms with van der Waals surface area (Å²) in [6, 6.07) is 22.1. The molecule has 1 amide bonds. The molecule has 0 spiro atoms. The number of aliphatic hydroxyl groups is 1. The minimum absolute atomic E-state index is 0.00987. The van der Waals surface area contributed by atoms with Crippen molar-refractivity contribution in [1.29, 1.82) is 0 Å². The van der Waals surface area contributed by atoms with E-state index in [0.29, 0.717) is 11.3 Å². The Morgan fingerprint density at radius 2 is 1.50 bits per heavy atom. The van der Waals surface area contributed by atoms with Crippen LogP contribution in [0.25, 0.3) is 11.1 Å². The van der Waals surface area contributed by atoms with E-state index in [-0.39, 0.29) is 31.3 Å². The molecule has 1 fully saturated rings. The number of ether oxygens (including phenoxy) is 2. The Balaban J connectivity index is 1.18. The first-order valence-electron chi connectivity index (χ1n) is 15.5. The van der Waals surface area contributed by atoms with Crippen LogP contribution in [-0.2, 0) is 22.6 Å². The van der Waals surface area contributed by atoms with Gasteiger partial charge in [0.15, 0.2) is 33.9 Å². The molecule has 4 aromatic carbocycles. The van der Waals surface area contributed by atoms with E-state index < -0.39 is 46.8 Å². The maximum atomic E-state index is 14.1. The highest BCUT2D eigenvalue weighted by atomic mass is 32.2. The molecule has 0 unspecified atom stereocenters. The number of aliphatic hydroxyl groups excluding tert-OH is 1. The van der Waals surface area contributed by atoms with Crippen molar-refractivity contribution < 1.29 is 41.3 Å². The van der Waals surface area contributed by atoms with Crippen molar-refractivity contribution in [2.75, 3.05) is 5.75 Å². The van der Waals surface area contributed by atoms with Gasteiger partial charge in [-0.15, -0.1) is 10.2 Å². The van der Waals surface area contributed by atoms with Crippen LogP contribution in [0.5, 0.6) is 0 Å². The normalized spacial score (nSPS) is 19.0. The van der Waals surface area contributed by atoms with E-state index >= 15 is 0 Å². The second kappa shape index (κ2) is 15.4. The Morgan fingerprint density at radius 3 is 2.14 bits per heavy atom. The highest BCUT2D eigenvalue weighted by Gasteiger charge is 2.38. The van der Waals surface area contributed by atoms with Gasteiger partial charge in [-0.25, -0.2) is 22.0 Å². The third kappa shape index (κ3) is 7.59. The number of aromatic nitrogens is 2. The van der Waals surface area contributed by atoms with Crippen molar-refractivity contribution >= 4 is 29.0 Å². The fourth-order valence-corrected chi connectivity index (χ4v) is 7.57. The van der Waals surface area contributed by atoms with Crippen LogP contribution >= 0.6 is 23.1 Å². The molecule has 260 valence electrons. The van der Waals surface area contributed by atoms with Gasteiger partial charge in [0.1, 0.15) is 10.6 Å². The summed E-state index contributed by atoms with van der Waals surface area (Å²) in [4.78, 5) is 12.4. The smallest absolute Gasteiger partial charge is 0.257 e. The molecule has 6 rings (SSSR count). The average Bonchev–Trinajstić information content (AvgIpc) is 3.56. The molecule has 4 atom stereocenters. The molecule has 2 heterocycles. The number of carbonyl (C=O) groups is 1. The highest BCUT2D eigenvalue weighted by molar-refractivity contribution is 8.01. The average molecular weight is 728 g/mol. The summed E-state index contributed by atoms with van der Waals surface area (Å²) in [6.45, 7) is 3.69. The van der Waals surface area contributed by atoms with Gasteiger partial charge in [0.25, 0.3) is 5.91 Å².